The van der Waals surface area contributed by atoms with E-state index in [0.29, 0.717) is 0 Å². The fourth-order valence-electron chi connectivity index (χ4n) is 1.91. The molecule has 0 aliphatic carbocycles. The average Bonchev–Trinajstić information content (AvgIpc) is 2.29. The summed E-state index contributed by atoms with van der Waals surface area (Å²) in [5.74, 6) is 0. The molecule has 0 aliphatic heterocycles. The Morgan fingerprint density at radius 2 is 1.06 bits per heavy atom. The zero-order valence-electron chi connectivity index (χ0n) is 12.2. The maximum absolute atomic E-state index is 3.36. The standard InChI is InChI=1S/3C4H9.C3H6.Sn.H/c3*1-3-4-2;1-3-2;;/h3*1,3-4H2,2H3;3H,1H2,2H3;;. The molecule has 0 heterocycles. The number of allylic oxidation sites excluding steroid dienone is 1. The van der Waals surface area contributed by atoms with Gasteiger partial charge in [0, 0.05) is 0 Å². The fraction of sp³-hybridized carbons (Fsp3) is 0.867. The number of hydrogen-bond donors (Lipinski definition) is 0. The van der Waals surface area contributed by atoms with Gasteiger partial charge in [0.25, 0.3) is 0 Å². The van der Waals surface area contributed by atoms with E-state index >= 15 is 0 Å². The van der Waals surface area contributed by atoms with Crippen molar-refractivity contribution in [1.82, 2.24) is 0 Å². The van der Waals surface area contributed by atoms with E-state index in [1.54, 1.807) is 19.4 Å². The first-order chi connectivity index (χ1) is 7.76. The Bertz CT molecular complexity index is 102. The molecule has 0 amide bonds. The molecule has 98 valence electrons. The van der Waals surface area contributed by atoms with Crippen LogP contribution in [-0.2, 0) is 0 Å². The van der Waals surface area contributed by atoms with Gasteiger partial charge in [0.2, 0.25) is 0 Å². The van der Waals surface area contributed by atoms with Crippen molar-refractivity contribution in [2.45, 2.75) is 79.5 Å². The van der Waals surface area contributed by atoms with E-state index in [0.717, 1.165) is 0 Å². The van der Waals surface area contributed by atoms with Crippen molar-refractivity contribution in [2.75, 3.05) is 0 Å². The van der Waals surface area contributed by atoms with Crippen LogP contribution in [0.25, 0.3) is 0 Å². The first-order valence-corrected chi connectivity index (χ1v) is 14.3. The second-order valence-corrected chi connectivity index (χ2v) is 14.6. The van der Waals surface area contributed by atoms with Crippen molar-refractivity contribution in [1.29, 1.82) is 0 Å². The molecule has 0 saturated heterocycles. The minimum absolute atomic E-state index is 0.967. The van der Waals surface area contributed by atoms with E-state index in [2.05, 4.69) is 27.4 Å². The summed E-state index contributed by atoms with van der Waals surface area (Å²) in [5.41, 5.74) is 0. The van der Waals surface area contributed by atoms with Crippen LogP contribution in [0.1, 0.15) is 66.2 Å². The second-order valence-electron chi connectivity index (χ2n) is 4.70. The van der Waals surface area contributed by atoms with Gasteiger partial charge in [-0.1, -0.05) is 6.08 Å². The molecule has 0 unspecified atom stereocenters. The van der Waals surface area contributed by atoms with E-state index in [4.69, 9.17) is 0 Å². The summed E-state index contributed by atoms with van der Waals surface area (Å²) >= 11 is -0.967. The second kappa shape index (κ2) is 17.9. The number of hydrogen-bond acceptors (Lipinski definition) is 0. The van der Waals surface area contributed by atoms with Crippen LogP contribution in [0.4, 0.5) is 0 Å². The predicted molar refractivity (Wildman–Crippen MR) is 82.2 cm³/mol. The van der Waals surface area contributed by atoms with Gasteiger partial charge >= 0.3 is 92.4 Å². The van der Waals surface area contributed by atoms with E-state index in [1.807, 2.05) is 6.92 Å². The average molecular weight is 333 g/mol. The van der Waals surface area contributed by atoms with Gasteiger partial charge < -0.3 is 0 Å². The Hall–Kier alpha value is 0.539. The van der Waals surface area contributed by atoms with Crippen LogP contribution in [0.3, 0.4) is 0 Å². The van der Waals surface area contributed by atoms with Gasteiger partial charge in [-0.05, 0) is 6.92 Å². The molecule has 0 radical (unpaired) electrons. The molecule has 0 nitrogen and oxygen atoms in total. The van der Waals surface area contributed by atoms with Crippen LogP contribution < -0.4 is 0 Å². The van der Waals surface area contributed by atoms with Crippen molar-refractivity contribution >= 4 is 19.8 Å². The summed E-state index contributed by atoms with van der Waals surface area (Å²) in [4.78, 5) is 0. The van der Waals surface area contributed by atoms with E-state index in [1.165, 1.54) is 38.5 Å². The molecule has 0 rings (SSSR count). The molecular formula is C15H34Sn. The van der Waals surface area contributed by atoms with Gasteiger partial charge in [0.1, 0.15) is 0 Å². The summed E-state index contributed by atoms with van der Waals surface area (Å²) in [5, 5.41) is 0. The molecule has 16 heavy (non-hydrogen) atoms. The van der Waals surface area contributed by atoms with Gasteiger partial charge in [-0.25, -0.2) is 0 Å². The van der Waals surface area contributed by atoms with Gasteiger partial charge in [-0.2, -0.15) is 0 Å². The van der Waals surface area contributed by atoms with Crippen LogP contribution >= 0.6 is 0 Å². The first kappa shape index (κ1) is 18.9. The number of unbranched alkanes of at least 4 members (excludes halogenated alkanes) is 3. The van der Waals surface area contributed by atoms with Crippen LogP contribution in [0.15, 0.2) is 12.7 Å². The van der Waals surface area contributed by atoms with Gasteiger partial charge in [-0.3, -0.25) is 0 Å². The summed E-state index contributed by atoms with van der Waals surface area (Å²) in [6, 6.07) is 0. The molecule has 0 fully saturated rings. The third kappa shape index (κ3) is 17.0. The van der Waals surface area contributed by atoms with Crippen LogP contribution in [0.5, 0.6) is 0 Å². The summed E-state index contributed by atoms with van der Waals surface area (Å²) < 4.78 is 5.08. The molecule has 1 heteroatoms. The molecule has 0 aromatic rings. The Balaban J connectivity index is 0. The third-order valence-corrected chi connectivity index (χ3v) is 13.4. The van der Waals surface area contributed by atoms with Crippen LogP contribution in [0.2, 0.25) is 13.3 Å². The van der Waals surface area contributed by atoms with Crippen LogP contribution in [-0.4, -0.2) is 19.8 Å². The summed E-state index contributed by atoms with van der Waals surface area (Å²) in [6.07, 6.45) is 10.6. The van der Waals surface area contributed by atoms with E-state index in [9.17, 15) is 0 Å². The van der Waals surface area contributed by atoms with Crippen molar-refractivity contribution in [2.24, 2.45) is 0 Å². The third-order valence-electron chi connectivity index (χ3n) is 2.90. The topological polar surface area (TPSA) is 0 Å². The molecular weight excluding hydrogens is 299 g/mol. The Morgan fingerprint density at radius 3 is 1.25 bits per heavy atom. The molecule has 0 bridgehead atoms. The van der Waals surface area contributed by atoms with Crippen molar-refractivity contribution in [3.05, 3.63) is 12.7 Å². The quantitative estimate of drug-likeness (QED) is 0.369. The van der Waals surface area contributed by atoms with Gasteiger partial charge in [-0.15, -0.1) is 6.58 Å². The molecule has 0 atom stereocenters. The molecule has 0 spiro atoms. The normalized spacial score (nSPS) is 9.81. The van der Waals surface area contributed by atoms with Crippen LogP contribution in [0, 0.1) is 0 Å². The molecule has 0 N–H and O–H groups in total. The first-order valence-electron chi connectivity index (χ1n) is 7.33. The summed E-state index contributed by atoms with van der Waals surface area (Å²) in [6.45, 7) is 12.3. The predicted octanol–water partition coefficient (Wildman–Crippen LogP) is 5.81. The van der Waals surface area contributed by atoms with Crippen molar-refractivity contribution in [3.63, 3.8) is 0 Å². The van der Waals surface area contributed by atoms with Crippen molar-refractivity contribution in [3.8, 4) is 0 Å². The van der Waals surface area contributed by atoms with Gasteiger partial charge in [0.05, 0.1) is 0 Å². The number of rotatable bonds is 9. The maximum atomic E-state index is 3.36. The Morgan fingerprint density at radius 1 is 0.812 bits per heavy atom. The Kier molecular flexibility index (Phi) is 21.2. The zero-order chi connectivity index (χ0) is 12.6. The summed E-state index contributed by atoms with van der Waals surface area (Å²) in [7, 11) is 0. The molecule has 0 aliphatic rings. The van der Waals surface area contributed by atoms with E-state index < -0.39 is 19.8 Å². The van der Waals surface area contributed by atoms with Crippen molar-refractivity contribution < 1.29 is 0 Å². The molecule has 0 saturated carbocycles. The zero-order valence-corrected chi connectivity index (χ0v) is 15.5. The molecule has 0 aromatic heterocycles. The van der Waals surface area contributed by atoms with Gasteiger partial charge in [0.15, 0.2) is 0 Å². The fourth-order valence-corrected chi connectivity index (χ4v) is 12.8. The van der Waals surface area contributed by atoms with E-state index in [-0.39, 0.29) is 0 Å². The monoisotopic (exact) mass is 334 g/mol. The SMILES string of the molecule is C=CC.CCC[CH2][SnH]([CH2]CCC)[CH2]CCC. The molecule has 0 aromatic carbocycles. The Labute approximate surface area is 112 Å². The minimum atomic E-state index is -0.967.